The number of rotatable bonds is 8. The lowest BCUT2D eigenvalue weighted by molar-refractivity contribution is -0.121. The molecule has 3 N–H and O–H groups in total. The Morgan fingerprint density at radius 3 is 2.41 bits per heavy atom. The first-order valence-electron chi connectivity index (χ1n) is 6.51. The summed E-state index contributed by atoms with van der Waals surface area (Å²) in [5, 5.41) is 15.0. The topological polar surface area (TPSA) is 61.4 Å². The van der Waals surface area contributed by atoms with Gasteiger partial charge in [-0.15, -0.1) is 0 Å². The van der Waals surface area contributed by atoms with Crippen LogP contribution in [-0.4, -0.2) is 36.2 Å². The molecule has 1 unspecified atom stereocenters. The number of nitrogens with one attached hydrogen (secondary N) is 2. The van der Waals surface area contributed by atoms with Crippen LogP contribution < -0.4 is 10.6 Å². The lowest BCUT2D eigenvalue weighted by Crippen LogP contribution is -2.45. The van der Waals surface area contributed by atoms with E-state index in [0.29, 0.717) is 12.5 Å². The molecule has 0 aliphatic rings. The first-order valence-corrected chi connectivity index (χ1v) is 6.51. The van der Waals surface area contributed by atoms with Crippen molar-refractivity contribution < 1.29 is 9.90 Å². The van der Waals surface area contributed by atoms with E-state index < -0.39 is 0 Å². The largest absolute Gasteiger partial charge is 0.396 e. The van der Waals surface area contributed by atoms with E-state index in [9.17, 15) is 4.79 Å². The molecule has 0 fully saturated rings. The van der Waals surface area contributed by atoms with E-state index in [-0.39, 0.29) is 18.1 Å². The first kappa shape index (κ1) is 16.4. The van der Waals surface area contributed by atoms with E-state index in [1.54, 1.807) is 0 Å². The molecule has 4 heteroatoms. The Morgan fingerprint density at radius 1 is 1.29 bits per heavy atom. The highest BCUT2D eigenvalue weighted by molar-refractivity contribution is 5.78. The molecule has 0 rings (SSSR count). The fourth-order valence-corrected chi connectivity index (χ4v) is 1.79. The summed E-state index contributed by atoms with van der Waals surface area (Å²) >= 11 is 0. The highest BCUT2D eigenvalue weighted by atomic mass is 16.3. The molecule has 0 saturated heterocycles. The highest BCUT2D eigenvalue weighted by Crippen LogP contribution is 2.09. The van der Waals surface area contributed by atoms with E-state index in [4.69, 9.17) is 5.11 Å². The number of amides is 1. The van der Waals surface area contributed by atoms with Crippen LogP contribution >= 0.6 is 0 Å². The second-order valence-electron chi connectivity index (χ2n) is 5.60. The lowest BCUT2D eigenvalue weighted by Gasteiger charge is -2.21. The van der Waals surface area contributed by atoms with Gasteiger partial charge in [-0.25, -0.2) is 0 Å². The summed E-state index contributed by atoms with van der Waals surface area (Å²) in [6, 6.07) is 0. The molecule has 0 saturated carbocycles. The molecule has 0 aromatic carbocycles. The minimum absolute atomic E-state index is 0.0248. The van der Waals surface area contributed by atoms with Crippen molar-refractivity contribution in [2.45, 2.75) is 52.5 Å². The summed E-state index contributed by atoms with van der Waals surface area (Å²) in [7, 11) is 0. The molecule has 0 heterocycles. The van der Waals surface area contributed by atoms with Crippen LogP contribution in [-0.2, 0) is 4.79 Å². The molecule has 0 aromatic heterocycles. The van der Waals surface area contributed by atoms with Gasteiger partial charge >= 0.3 is 0 Å². The molecular formula is C13H28N2O2. The molecule has 17 heavy (non-hydrogen) atoms. The Bertz CT molecular complexity index is 206. The van der Waals surface area contributed by atoms with Gasteiger partial charge in [-0.2, -0.15) is 0 Å². The number of carbonyl (C=O) groups excluding carboxylic acids is 1. The predicted molar refractivity (Wildman–Crippen MR) is 70.9 cm³/mol. The van der Waals surface area contributed by atoms with Gasteiger partial charge in [0.15, 0.2) is 0 Å². The van der Waals surface area contributed by atoms with Crippen LogP contribution in [0.25, 0.3) is 0 Å². The fourth-order valence-electron chi connectivity index (χ4n) is 1.79. The van der Waals surface area contributed by atoms with Crippen molar-refractivity contribution in [2.75, 3.05) is 19.7 Å². The van der Waals surface area contributed by atoms with Crippen LogP contribution in [0.15, 0.2) is 0 Å². The van der Waals surface area contributed by atoms with Crippen molar-refractivity contribution in [3.63, 3.8) is 0 Å². The van der Waals surface area contributed by atoms with Gasteiger partial charge in [-0.1, -0.05) is 13.3 Å². The average molecular weight is 244 g/mol. The van der Waals surface area contributed by atoms with Gasteiger partial charge in [0.2, 0.25) is 5.91 Å². The van der Waals surface area contributed by atoms with Gasteiger partial charge in [-0.3, -0.25) is 4.79 Å². The highest BCUT2D eigenvalue weighted by Gasteiger charge is 2.13. The van der Waals surface area contributed by atoms with E-state index in [0.717, 1.165) is 25.8 Å². The Kier molecular flexibility index (Phi) is 8.17. The molecule has 0 aliphatic heterocycles. The zero-order valence-corrected chi connectivity index (χ0v) is 11.7. The zero-order valence-electron chi connectivity index (χ0n) is 11.7. The van der Waals surface area contributed by atoms with E-state index in [1.165, 1.54) is 0 Å². The summed E-state index contributed by atoms with van der Waals surface area (Å²) in [6.07, 6.45) is 3.01. The SMILES string of the molecule is CCCC(CCO)CNCC(=O)NC(C)(C)C. The molecule has 1 amide bonds. The Hall–Kier alpha value is -0.610. The number of aliphatic hydroxyl groups is 1. The maximum Gasteiger partial charge on any atom is 0.234 e. The van der Waals surface area contributed by atoms with Gasteiger partial charge in [-0.05, 0) is 46.1 Å². The van der Waals surface area contributed by atoms with Crippen LogP contribution in [0.3, 0.4) is 0 Å². The average Bonchev–Trinajstić information content (AvgIpc) is 2.15. The maximum atomic E-state index is 11.5. The van der Waals surface area contributed by atoms with E-state index in [1.807, 2.05) is 20.8 Å². The van der Waals surface area contributed by atoms with Crippen molar-refractivity contribution in [1.82, 2.24) is 10.6 Å². The Labute approximate surface area is 105 Å². The molecule has 0 aliphatic carbocycles. The Morgan fingerprint density at radius 2 is 1.94 bits per heavy atom. The molecular weight excluding hydrogens is 216 g/mol. The molecule has 4 nitrogen and oxygen atoms in total. The van der Waals surface area contributed by atoms with Gasteiger partial charge in [0.1, 0.15) is 0 Å². The van der Waals surface area contributed by atoms with Crippen LogP contribution in [0.2, 0.25) is 0 Å². The third-order valence-electron chi connectivity index (χ3n) is 2.47. The summed E-state index contributed by atoms with van der Waals surface area (Å²) < 4.78 is 0. The summed E-state index contributed by atoms with van der Waals surface area (Å²) in [6.45, 7) is 9.41. The quantitative estimate of drug-likeness (QED) is 0.603. The molecule has 102 valence electrons. The second-order valence-corrected chi connectivity index (χ2v) is 5.60. The van der Waals surface area contributed by atoms with Crippen LogP contribution in [0.4, 0.5) is 0 Å². The normalized spacial score (nSPS) is 13.5. The second kappa shape index (κ2) is 8.48. The van der Waals surface area contributed by atoms with Gasteiger partial charge in [0.05, 0.1) is 6.54 Å². The number of aliphatic hydroxyl groups excluding tert-OH is 1. The molecule has 1 atom stereocenters. The molecule has 0 bridgehead atoms. The third kappa shape index (κ3) is 10.3. The molecule has 0 spiro atoms. The van der Waals surface area contributed by atoms with Crippen LogP contribution in [0, 0.1) is 5.92 Å². The maximum absolute atomic E-state index is 11.5. The molecule has 0 radical (unpaired) electrons. The summed E-state index contributed by atoms with van der Waals surface area (Å²) in [5.41, 5.74) is -0.174. The van der Waals surface area contributed by atoms with Crippen molar-refractivity contribution in [1.29, 1.82) is 0 Å². The van der Waals surface area contributed by atoms with Crippen LogP contribution in [0.5, 0.6) is 0 Å². The zero-order chi connectivity index (χ0) is 13.3. The first-order chi connectivity index (χ1) is 7.89. The summed E-state index contributed by atoms with van der Waals surface area (Å²) in [5.74, 6) is 0.490. The van der Waals surface area contributed by atoms with Gasteiger partial charge in [0, 0.05) is 12.1 Å². The number of carbonyl (C=O) groups is 1. The minimum Gasteiger partial charge on any atom is -0.396 e. The Balaban J connectivity index is 3.76. The summed E-state index contributed by atoms with van der Waals surface area (Å²) in [4.78, 5) is 11.5. The third-order valence-corrected chi connectivity index (χ3v) is 2.47. The smallest absolute Gasteiger partial charge is 0.234 e. The predicted octanol–water partition coefficient (Wildman–Crippen LogP) is 1.29. The van der Waals surface area contributed by atoms with Gasteiger partial charge in [0.25, 0.3) is 0 Å². The van der Waals surface area contributed by atoms with Crippen molar-refractivity contribution in [3.8, 4) is 0 Å². The number of hydrogen-bond donors (Lipinski definition) is 3. The fraction of sp³-hybridized carbons (Fsp3) is 0.923. The van der Waals surface area contributed by atoms with Crippen molar-refractivity contribution >= 4 is 5.91 Å². The lowest BCUT2D eigenvalue weighted by atomic mass is 10.0. The van der Waals surface area contributed by atoms with E-state index >= 15 is 0 Å². The van der Waals surface area contributed by atoms with Crippen molar-refractivity contribution in [2.24, 2.45) is 5.92 Å². The van der Waals surface area contributed by atoms with E-state index in [2.05, 4.69) is 17.6 Å². The monoisotopic (exact) mass is 244 g/mol. The molecule has 0 aromatic rings. The van der Waals surface area contributed by atoms with Crippen molar-refractivity contribution in [3.05, 3.63) is 0 Å². The minimum atomic E-state index is -0.174. The standard InChI is InChI=1S/C13H28N2O2/c1-5-6-11(7-8-16)9-14-10-12(17)15-13(2,3)4/h11,14,16H,5-10H2,1-4H3,(H,15,17). The number of hydrogen-bond acceptors (Lipinski definition) is 3. The van der Waals surface area contributed by atoms with Crippen LogP contribution in [0.1, 0.15) is 47.0 Å². The van der Waals surface area contributed by atoms with Gasteiger partial charge < -0.3 is 15.7 Å².